The van der Waals surface area contributed by atoms with Gasteiger partial charge in [0.15, 0.2) is 0 Å². The standard InChI is InChI=1S/C19H23BrFNO/c20-19-10-14-7-15(11-19)9-18(8-14,12-19)17(23)22-6-5-13-1-3-16(21)4-2-13/h1-4,14-15H,5-12H2,(H,22,23)/t14-,15+,18?,19?. The van der Waals surface area contributed by atoms with Crippen molar-refractivity contribution in [1.82, 2.24) is 5.32 Å². The molecule has 1 amide bonds. The van der Waals surface area contributed by atoms with Crippen LogP contribution in [0.1, 0.15) is 44.1 Å². The lowest BCUT2D eigenvalue weighted by Crippen LogP contribution is -2.58. The smallest absolute Gasteiger partial charge is 0.226 e. The van der Waals surface area contributed by atoms with Crippen molar-refractivity contribution in [2.75, 3.05) is 6.54 Å². The molecule has 0 aromatic heterocycles. The van der Waals surface area contributed by atoms with Gasteiger partial charge in [0, 0.05) is 10.9 Å². The number of carbonyl (C=O) groups excluding carboxylic acids is 1. The number of alkyl halides is 1. The fourth-order valence-electron chi connectivity index (χ4n) is 5.58. The van der Waals surface area contributed by atoms with Crippen LogP contribution in [-0.2, 0) is 11.2 Å². The van der Waals surface area contributed by atoms with Crippen LogP contribution in [-0.4, -0.2) is 16.8 Å². The summed E-state index contributed by atoms with van der Waals surface area (Å²) in [5.74, 6) is 1.48. The molecule has 0 aliphatic heterocycles. The predicted molar refractivity (Wildman–Crippen MR) is 91.9 cm³/mol. The molecule has 4 heteroatoms. The van der Waals surface area contributed by atoms with Crippen molar-refractivity contribution in [1.29, 1.82) is 0 Å². The van der Waals surface area contributed by atoms with Crippen LogP contribution >= 0.6 is 15.9 Å². The van der Waals surface area contributed by atoms with Gasteiger partial charge in [0.2, 0.25) is 5.91 Å². The lowest BCUT2D eigenvalue weighted by molar-refractivity contribution is -0.143. The van der Waals surface area contributed by atoms with Gasteiger partial charge in [-0.25, -0.2) is 4.39 Å². The zero-order valence-corrected chi connectivity index (χ0v) is 14.9. The van der Waals surface area contributed by atoms with E-state index in [1.165, 1.54) is 31.4 Å². The van der Waals surface area contributed by atoms with Crippen LogP contribution in [0.4, 0.5) is 4.39 Å². The minimum Gasteiger partial charge on any atom is -0.355 e. The molecule has 4 fully saturated rings. The molecule has 2 nitrogen and oxygen atoms in total. The molecule has 23 heavy (non-hydrogen) atoms. The fraction of sp³-hybridized carbons (Fsp3) is 0.632. The first-order chi connectivity index (χ1) is 11.0. The second-order valence-electron chi connectivity index (χ2n) is 8.02. The molecular weight excluding hydrogens is 357 g/mol. The van der Waals surface area contributed by atoms with Crippen LogP contribution in [0.15, 0.2) is 24.3 Å². The molecule has 1 N–H and O–H groups in total. The average molecular weight is 380 g/mol. The lowest BCUT2D eigenvalue weighted by Gasteiger charge is -2.59. The van der Waals surface area contributed by atoms with Crippen LogP contribution in [0.2, 0.25) is 0 Å². The van der Waals surface area contributed by atoms with E-state index < -0.39 is 0 Å². The van der Waals surface area contributed by atoms with Gasteiger partial charge in [0.25, 0.3) is 0 Å². The summed E-state index contributed by atoms with van der Waals surface area (Å²) in [6.07, 6.45) is 7.70. The van der Waals surface area contributed by atoms with E-state index in [1.807, 2.05) is 0 Å². The number of nitrogens with one attached hydrogen (secondary N) is 1. The molecule has 1 aromatic rings. The highest BCUT2D eigenvalue weighted by atomic mass is 79.9. The first kappa shape index (κ1) is 15.6. The highest BCUT2D eigenvalue weighted by Gasteiger charge is 2.59. The third kappa shape index (κ3) is 2.95. The van der Waals surface area contributed by atoms with Crippen molar-refractivity contribution in [2.24, 2.45) is 17.3 Å². The van der Waals surface area contributed by atoms with Crippen molar-refractivity contribution in [3.8, 4) is 0 Å². The first-order valence-corrected chi connectivity index (χ1v) is 9.47. The summed E-state index contributed by atoms with van der Waals surface area (Å²) < 4.78 is 13.1. The third-order valence-corrected chi connectivity index (χ3v) is 7.01. The van der Waals surface area contributed by atoms with Crippen LogP contribution in [0.25, 0.3) is 0 Å². The topological polar surface area (TPSA) is 29.1 Å². The van der Waals surface area contributed by atoms with Crippen LogP contribution in [0.3, 0.4) is 0 Å². The van der Waals surface area contributed by atoms with Gasteiger partial charge in [-0.15, -0.1) is 0 Å². The average Bonchev–Trinajstić information content (AvgIpc) is 2.46. The van der Waals surface area contributed by atoms with E-state index in [4.69, 9.17) is 0 Å². The van der Waals surface area contributed by atoms with Crippen molar-refractivity contribution >= 4 is 21.8 Å². The number of hydrogen-bond donors (Lipinski definition) is 1. The minimum absolute atomic E-state index is 0.142. The van der Waals surface area contributed by atoms with E-state index in [0.717, 1.165) is 43.1 Å². The fourth-order valence-corrected chi connectivity index (χ4v) is 7.03. The summed E-state index contributed by atoms with van der Waals surface area (Å²) in [6, 6.07) is 6.54. The van der Waals surface area contributed by atoms with Gasteiger partial charge in [-0.2, -0.15) is 0 Å². The third-order valence-electron chi connectivity index (χ3n) is 6.08. The molecule has 5 rings (SSSR count). The van der Waals surface area contributed by atoms with Crippen molar-refractivity contribution in [3.05, 3.63) is 35.6 Å². The maximum Gasteiger partial charge on any atom is 0.226 e. The maximum atomic E-state index is 12.9. The molecule has 4 atom stereocenters. The van der Waals surface area contributed by atoms with E-state index >= 15 is 0 Å². The normalized spacial score (nSPS) is 37.8. The summed E-state index contributed by atoms with van der Waals surface area (Å²) in [5, 5.41) is 3.17. The number of benzene rings is 1. The molecule has 2 unspecified atom stereocenters. The Morgan fingerprint density at radius 2 is 1.83 bits per heavy atom. The molecule has 0 saturated heterocycles. The number of rotatable bonds is 4. The highest BCUT2D eigenvalue weighted by molar-refractivity contribution is 9.10. The van der Waals surface area contributed by atoms with E-state index in [0.29, 0.717) is 6.54 Å². The monoisotopic (exact) mass is 379 g/mol. The van der Waals surface area contributed by atoms with Gasteiger partial charge >= 0.3 is 0 Å². The molecule has 1 aromatic carbocycles. The lowest BCUT2D eigenvalue weighted by atomic mass is 9.49. The molecule has 0 spiro atoms. The zero-order chi connectivity index (χ0) is 16.1. The zero-order valence-electron chi connectivity index (χ0n) is 13.3. The van der Waals surface area contributed by atoms with E-state index in [9.17, 15) is 9.18 Å². The van der Waals surface area contributed by atoms with Crippen LogP contribution in [0, 0.1) is 23.1 Å². The molecule has 0 heterocycles. The Morgan fingerprint density at radius 1 is 1.17 bits per heavy atom. The summed E-state index contributed by atoms with van der Waals surface area (Å²) in [6.45, 7) is 0.636. The summed E-state index contributed by atoms with van der Waals surface area (Å²) in [4.78, 5) is 12.9. The Hall–Kier alpha value is -0.900. The number of halogens is 2. The van der Waals surface area contributed by atoms with Gasteiger partial charge in [-0.05, 0) is 74.5 Å². The first-order valence-electron chi connectivity index (χ1n) is 8.68. The van der Waals surface area contributed by atoms with E-state index in [1.54, 1.807) is 12.1 Å². The van der Waals surface area contributed by atoms with Gasteiger partial charge in [0.1, 0.15) is 5.82 Å². The second-order valence-corrected chi connectivity index (χ2v) is 9.71. The second kappa shape index (κ2) is 5.58. The number of hydrogen-bond acceptors (Lipinski definition) is 1. The van der Waals surface area contributed by atoms with Crippen molar-refractivity contribution in [2.45, 2.75) is 49.3 Å². The molecule has 4 aliphatic carbocycles. The molecule has 4 aliphatic rings. The Balaban J connectivity index is 1.38. The predicted octanol–water partition coefficient (Wildman–Crippen LogP) is 4.22. The molecule has 4 bridgehead atoms. The number of amides is 1. The molecule has 124 valence electrons. The van der Waals surface area contributed by atoms with Crippen LogP contribution in [0.5, 0.6) is 0 Å². The van der Waals surface area contributed by atoms with Crippen molar-refractivity contribution < 1.29 is 9.18 Å². The highest BCUT2D eigenvalue weighted by Crippen LogP contribution is 2.64. The Labute approximate surface area is 145 Å². The Morgan fingerprint density at radius 3 is 2.43 bits per heavy atom. The summed E-state index contributed by atoms with van der Waals surface area (Å²) >= 11 is 3.96. The summed E-state index contributed by atoms with van der Waals surface area (Å²) in [5.41, 5.74) is 0.922. The quantitative estimate of drug-likeness (QED) is 0.779. The molecule has 0 radical (unpaired) electrons. The van der Waals surface area contributed by atoms with E-state index in [2.05, 4.69) is 21.2 Å². The molecule has 4 saturated carbocycles. The summed E-state index contributed by atoms with van der Waals surface area (Å²) in [7, 11) is 0. The van der Waals surface area contributed by atoms with Gasteiger partial charge in [0.05, 0.1) is 5.41 Å². The maximum absolute atomic E-state index is 12.9. The molecular formula is C19H23BrFNO. The van der Waals surface area contributed by atoms with Crippen LogP contribution < -0.4 is 5.32 Å². The van der Waals surface area contributed by atoms with Gasteiger partial charge in [-0.1, -0.05) is 28.1 Å². The SMILES string of the molecule is O=C(NCCc1ccc(F)cc1)C12C[C@@H]3C[C@@H](CC(Br)(C3)C1)C2. The van der Waals surface area contributed by atoms with Gasteiger partial charge < -0.3 is 5.32 Å². The van der Waals surface area contributed by atoms with Gasteiger partial charge in [-0.3, -0.25) is 4.79 Å². The van der Waals surface area contributed by atoms with Crippen molar-refractivity contribution in [3.63, 3.8) is 0 Å². The minimum atomic E-state index is -0.214. The number of carbonyl (C=O) groups is 1. The Kier molecular flexibility index (Phi) is 3.79. The van der Waals surface area contributed by atoms with E-state index in [-0.39, 0.29) is 21.5 Å². The Bertz CT molecular complexity index is 600. The largest absolute Gasteiger partial charge is 0.355 e.